The second-order valence-electron chi connectivity index (χ2n) is 8.31. The molecule has 0 saturated carbocycles. The van der Waals surface area contributed by atoms with Gasteiger partial charge in [0.15, 0.2) is 5.69 Å². The number of hydrogen-bond acceptors (Lipinski definition) is 6. The Morgan fingerprint density at radius 2 is 1.97 bits per heavy atom. The Bertz CT molecular complexity index is 1300. The van der Waals surface area contributed by atoms with Crippen LogP contribution in [0.2, 0.25) is 0 Å². The smallest absolute Gasteiger partial charge is 0.280 e. The van der Waals surface area contributed by atoms with Crippen molar-refractivity contribution in [1.29, 1.82) is 0 Å². The van der Waals surface area contributed by atoms with Crippen LogP contribution in [0.1, 0.15) is 50.5 Å². The Kier molecular flexibility index (Phi) is 6.25. The maximum atomic E-state index is 13.2. The molecule has 2 N–H and O–H groups in total. The first kappa shape index (κ1) is 22.4. The van der Waals surface area contributed by atoms with Gasteiger partial charge in [-0.2, -0.15) is 5.10 Å². The van der Waals surface area contributed by atoms with E-state index >= 15 is 0 Å². The predicted octanol–water partition coefficient (Wildman–Crippen LogP) is 3.08. The third kappa shape index (κ3) is 4.51. The minimum atomic E-state index is -0.699. The zero-order valence-corrected chi connectivity index (χ0v) is 19.1. The van der Waals surface area contributed by atoms with Crippen LogP contribution in [0.3, 0.4) is 0 Å². The number of carbonyl (C=O) groups excluding carboxylic acids is 2. The molecular weight excluding hydrogens is 459 g/mol. The number of aromatic nitrogens is 2. The summed E-state index contributed by atoms with van der Waals surface area (Å²) in [7, 11) is 0. The number of hydrogen-bond donors (Lipinski definition) is 2. The molecule has 1 aliphatic heterocycles. The van der Waals surface area contributed by atoms with Crippen molar-refractivity contribution in [1.82, 2.24) is 15.1 Å². The van der Waals surface area contributed by atoms with Crippen LogP contribution in [0.5, 0.6) is 0 Å². The lowest BCUT2D eigenvalue weighted by molar-refractivity contribution is 0.0858. The summed E-state index contributed by atoms with van der Waals surface area (Å²) in [6.45, 7) is 1.12. The van der Waals surface area contributed by atoms with Crippen molar-refractivity contribution in [3.8, 4) is 5.69 Å². The highest BCUT2D eigenvalue weighted by Crippen LogP contribution is 2.39. The second kappa shape index (κ2) is 9.47. The molecule has 2 aliphatic rings. The van der Waals surface area contributed by atoms with Gasteiger partial charge in [0.1, 0.15) is 10.8 Å². The fourth-order valence-electron chi connectivity index (χ4n) is 4.30. The molecule has 0 spiro atoms. The van der Waals surface area contributed by atoms with E-state index in [1.165, 1.54) is 52.5 Å². The highest BCUT2D eigenvalue weighted by Gasteiger charge is 2.29. The van der Waals surface area contributed by atoms with Gasteiger partial charge in [-0.05, 0) is 61.9 Å². The third-order valence-corrected chi connectivity index (χ3v) is 7.21. The summed E-state index contributed by atoms with van der Waals surface area (Å²) >= 11 is 1.36. The highest BCUT2D eigenvalue weighted by atomic mass is 32.1. The average Bonchev–Trinajstić information content (AvgIpc) is 3.56. The van der Waals surface area contributed by atoms with Gasteiger partial charge in [-0.25, -0.2) is 9.07 Å². The molecule has 8 nitrogen and oxygen atoms in total. The summed E-state index contributed by atoms with van der Waals surface area (Å²) in [4.78, 5) is 39.6. The molecule has 1 unspecified atom stereocenters. The van der Waals surface area contributed by atoms with Crippen LogP contribution in [0, 0.1) is 5.82 Å². The number of halogens is 1. The molecular formula is C24H23FN4O4S. The average molecular weight is 483 g/mol. The van der Waals surface area contributed by atoms with Crippen LogP contribution in [0.15, 0.2) is 41.3 Å². The summed E-state index contributed by atoms with van der Waals surface area (Å²) in [6, 6.07) is 6.76. The molecule has 0 bridgehead atoms. The van der Waals surface area contributed by atoms with E-state index < -0.39 is 17.2 Å². The minimum Gasteiger partial charge on any atom is -0.376 e. The van der Waals surface area contributed by atoms with E-state index in [0.29, 0.717) is 29.4 Å². The number of fused-ring (bicyclic) bond motifs is 1. The van der Waals surface area contributed by atoms with E-state index in [1.54, 1.807) is 0 Å². The van der Waals surface area contributed by atoms with Crippen molar-refractivity contribution in [2.45, 2.75) is 38.2 Å². The SMILES string of the molecule is O=C(NCC1CCCO1)c1c(NC(=O)c2nn(-c3ccc(F)cc3)ccc2=O)sc2c1CCC2. The number of rotatable bonds is 6. The Morgan fingerprint density at radius 3 is 2.74 bits per heavy atom. The normalized spacial score (nSPS) is 16.9. The lowest BCUT2D eigenvalue weighted by Crippen LogP contribution is -2.33. The van der Waals surface area contributed by atoms with Gasteiger partial charge in [0.25, 0.3) is 11.8 Å². The molecule has 2 amide bonds. The van der Waals surface area contributed by atoms with Gasteiger partial charge in [-0.15, -0.1) is 11.3 Å². The van der Waals surface area contributed by atoms with Crippen molar-refractivity contribution < 1.29 is 18.7 Å². The fraction of sp³-hybridized carbons (Fsp3) is 0.333. The zero-order chi connectivity index (χ0) is 23.7. The maximum absolute atomic E-state index is 13.2. The number of benzene rings is 1. The number of aryl methyl sites for hydroxylation is 1. The molecule has 3 aromatic rings. The monoisotopic (exact) mass is 482 g/mol. The molecule has 5 rings (SSSR count). The van der Waals surface area contributed by atoms with Gasteiger partial charge in [-0.3, -0.25) is 14.4 Å². The van der Waals surface area contributed by atoms with Crippen LogP contribution in [-0.2, 0) is 17.6 Å². The number of ether oxygens (including phenoxy) is 1. The third-order valence-electron chi connectivity index (χ3n) is 6.00. The Labute approximate surface area is 198 Å². The summed E-state index contributed by atoms with van der Waals surface area (Å²) in [6.07, 6.45) is 5.89. The molecule has 34 heavy (non-hydrogen) atoms. The van der Waals surface area contributed by atoms with E-state index in [9.17, 15) is 18.8 Å². The number of thiophene rings is 1. The molecule has 1 aromatic carbocycles. The van der Waals surface area contributed by atoms with E-state index in [2.05, 4.69) is 15.7 Å². The first-order chi connectivity index (χ1) is 16.5. The number of carbonyl (C=O) groups is 2. The first-order valence-electron chi connectivity index (χ1n) is 11.2. The van der Waals surface area contributed by atoms with Crippen molar-refractivity contribution >= 4 is 28.2 Å². The number of anilines is 1. The number of amides is 2. The fourth-order valence-corrected chi connectivity index (χ4v) is 5.58. The van der Waals surface area contributed by atoms with Gasteiger partial charge in [-0.1, -0.05) is 0 Å². The van der Waals surface area contributed by atoms with E-state index in [0.717, 1.165) is 42.5 Å². The van der Waals surface area contributed by atoms with Gasteiger partial charge >= 0.3 is 0 Å². The van der Waals surface area contributed by atoms with E-state index in [1.807, 2.05) is 0 Å². The Balaban J connectivity index is 1.39. The van der Waals surface area contributed by atoms with Gasteiger partial charge in [0.05, 0.1) is 17.4 Å². The lowest BCUT2D eigenvalue weighted by Gasteiger charge is -2.13. The van der Waals surface area contributed by atoms with Crippen LogP contribution >= 0.6 is 11.3 Å². The van der Waals surface area contributed by atoms with Gasteiger partial charge in [0.2, 0.25) is 5.43 Å². The second-order valence-corrected chi connectivity index (χ2v) is 9.42. The van der Waals surface area contributed by atoms with Crippen molar-refractivity contribution in [3.63, 3.8) is 0 Å². The van der Waals surface area contributed by atoms with Crippen LogP contribution < -0.4 is 16.1 Å². The Hall–Kier alpha value is -3.37. The molecule has 10 heteroatoms. The molecule has 3 heterocycles. The lowest BCUT2D eigenvalue weighted by atomic mass is 10.1. The highest BCUT2D eigenvalue weighted by molar-refractivity contribution is 7.17. The van der Waals surface area contributed by atoms with Crippen LogP contribution in [0.25, 0.3) is 5.69 Å². The van der Waals surface area contributed by atoms with Crippen molar-refractivity contribution in [3.05, 3.63) is 74.3 Å². The Morgan fingerprint density at radius 1 is 1.15 bits per heavy atom. The predicted molar refractivity (Wildman–Crippen MR) is 125 cm³/mol. The van der Waals surface area contributed by atoms with Gasteiger partial charge in [0, 0.05) is 30.3 Å². The number of nitrogens with one attached hydrogen (secondary N) is 2. The molecule has 0 radical (unpaired) electrons. The molecule has 2 aromatic heterocycles. The largest absolute Gasteiger partial charge is 0.376 e. The van der Waals surface area contributed by atoms with E-state index in [-0.39, 0.29) is 17.7 Å². The van der Waals surface area contributed by atoms with Gasteiger partial charge < -0.3 is 15.4 Å². The summed E-state index contributed by atoms with van der Waals surface area (Å²) in [5.74, 6) is -1.36. The van der Waals surface area contributed by atoms with Crippen LogP contribution in [-0.4, -0.2) is 40.9 Å². The number of nitrogens with zero attached hydrogens (tertiary/aromatic N) is 2. The van der Waals surface area contributed by atoms with Crippen molar-refractivity contribution in [2.24, 2.45) is 0 Å². The summed E-state index contributed by atoms with van der Waals surface area (Å²) in [5.41, 5.74) is 1.05. The molecule has 1 atom stereocenters. The van der Waals surface area contributed by atoms with Crippen molar-refractivity contribution in [2.75, 3.05) is 18.5 Å². The molecule has 1 fully saturated rings. The quantitative estimate of drug-likeness (QED) is 0.562. The minimum absolute atomic E-state index is 0.00660. The molecule has 176 valence electrons. The molecule has 1 aliphatic carbocycles. The first-order valence-corrected chi connectivity index (χ1v) is 12.0. The summed E-state index contributed by atoms with van der Waals surface area (Å²) in [5, 5.41) is 10.2. The topological polar surface area (TPSA) is 102 Å². The zero-order valence-electron chi connectivity index (χ0n) is 18.3. The summed E-state index contributed by atoms with van der Waals surface area (Å²) < 4.78 is 20.2. The van der Waals surface area contributed by atoms with E-state index in [4.69, 9.17) is 4.74 Å². The standard InChI is InChI=1S/C24H23FN4O4S/c25-14-6-8-15(9-7-14)29-11-10-18(30)21(28-29)23(32)27-24-20(17-4-1-5-19(17)34-24)22(31)26-13-16-3-2-12-33-16/h6-11,16H,1-5,12-13H2,(H,26,31)(H,27,32). The van der Waals surface area contributed by atoms with Crippen LogP contribution in [0.4, 0.5) is 9.39 Å². The molecule has 1 saturated heterocycles. The maximum Gasteiger partial charge on any atom is 0.280 e.